The van der Waals surface area contributed by atoms with Crippen molar-refractivity contribution in [1.29, 1.82) is 0 Å². The number of carbonyl (C=O) groups is 2. The van der Waals surface area contributed by atoms with Gasteiger partial charge in [0.15, 0.2) is 11.5 Å². The number of amides is 2. The first-order valence-corrected chi connectivity index (χ1v) is 8.54. The van der Waals surface area contributed by atoms with Crippen molar-refractivity contribution in [2.45, 2.75) is 13.0 Å². The van der Waals surface area contributed by atoms with Gasteiger partial charge < -0.3 is 19.5 Å². The van der Waals surface area contributed by atoms with Crippen molar-refractivity contribution < 1.29 is 28.2 Å². The van der Waals surface area contributed by atoms with Gasteiger partial charge in [-0.15, -0.1) is 0 Å². The predicted molar refractivity (Wildman–Crippen MR) is 97.4 cm³/mol. The van der Waals surface area contributed by atoms with Crippen LogP contribution in [0.1, 0.15) is 18.5 Å². The van der Waals surface area contributed by atoms with Crippen molar-refractivity contribution in [1.82, 2.24) is 5.32 Å². The third-order valence-electron chi connectivity index (χ3n) is 4.69. The Bertz CT molecular complexity index is 1000. The van der Waals surface area contributed by atoms with Gasteiger partial charge in [0.2, 0.25) is 6.79 Å². The number of allylic oxidation sites excluding steroid dienone is 1. The minimum atomic E-state index is -0.832. The molecule has 7 nitrogen and oxygen atoms in total. The molecular weight excluding hydrogens is 367 g/mol. The molecule has 2 aromatic rings. The van der Waals surface area contributed by atoms with Gasteiger partial charge in [-0.2, -0.15) is 0 Å². The molecule has 0 aliphatic carbocycles. The van der Waals surface area contributed by atoms with E-state index in [1.165, 1.54) is 30.2 Å². The lowest BCUT2D eigenvalue weighted by atomic mass is 9.94. The Morgan fingerprint density at radius 1 is 1.21 bits per heavy atom. The van der Waals surface area contributed by atoms with Crippen LogP contribution in [-0.2, 0) is 9.53 Å². The Labute approximate surface area is 160 Å². The van der Waals surface area contributed by atoms with Crippen molar-refractivity contribution in [3.8, 4) is 11.5 Å². The van der Waals surface area contributed by atoms with Crippen LogP contribution in [0.4, 0.5) is 14.9 Å². The SMILES string of the molecule is COC(=O)C1=C(C)N(c2ccc3c(c2)OCO3)C(=O)NC1c1cccc(F)c1. The molecule has 2 aliphatic heterocycles. The van der Waals surface area contributed by atoms with E-state index in [4.69, 9.17) is 14.2 Å². The van der Waals surface area contributed by atoms with Gasteiger partial charge in [-0.05, 0) is 36.8 Å². The molecule has 0 bridgehead atoms. The summed E-state index contributed by atoms with van der Waals surface area (Å²) in [4.78, 5) is 26.8. The molecule has 0 saturated carbocycles. The molecular formula is C20H17FN2O5. The van der Waals surface area contributed by atoms with E-state index in [2.05, 4.69) is 5.32 Å². The van der Waals surface area contributed by atoms with Crippen LogP contribution in [0.2, 0.25) is 0 Å². The molecule has 2 aromatic carbocycles. The second-order valence-electron chi connectivity index (χ2n) is 6.30. The van der Waals surface area contributed by atoms with Crippen LogP contribution >= 0.6 is 0 Å². The molecule has 1 atom stereocenters. The highest BCUT2D eigenvalue weighted by molar-refractivity contribution is 6.03. The van der Waals surface area contributed by atoms with Crippen LogP contribution in [0.3, 0.4) is 0 Å². The average Bonchev–Trinajstić information content (AvgIpc) is 3.15. The Morgan fingerprint density at radius 2 is 2.00 bits per heavy atom. The second kappa shape index (κ2) is 6.88. The van der Waals surface area contributed by atoms with Gasteiger partial charge in [0.25, 0.3) is 0 Å². The van der Waals surface area contributed by atoms with E-state index in [9.17, 15) is 14.0 Å². The summed E-state index contributed by atoms with van der Waals surface area (Å²) < 4.78 is 29.3. The number of benzene rings is 2. The van der Waals surface area contributed by atoms with Crippen LogP contribution in [-0.4, -0.2) is 25.9 Å². The molecule has 2 heterocycles. The van der Waals surface area contributed by atoms with E-state index in [0.717, 1.165) is 0 Å². The fourth-order valence-electron chi connectivity index (χ4n) is 3.39. The zero-order valence-electron chi connectivity index (χ0n) is 15.2. The summed E-state index contributed by atoms with van der Waals surface area (Å²) in [6.45, 7) is 1.75. The van der Waals surface area contributed by atoms with E-state index >= 15 is 0 Å². The summed E-state index contributed by atoms with van der Waals surface area (Å²) in [5.74, 6) is 0.00271. The maximum atomic E-state index is 13.7. The number of urea groups is 1. The first-order chi connectivity index (χ1) is 13.5. The Morgan fingerprint density at radius 3 is 2.75 bits per heavy atom. The molecule has 2 amide bonds. The van der Waals surface area contributed by atoms with Crippen LogP contribution in [0.25, 0.3) is 0 Å². The molecule has 0 spiro atoms. The van der Waals surface area contributed by atoms with Crippen molar-refractivity contribution in [3.05, 3.63) is 65.1 Å². The quantitative estimate of drug-likeness (QED) is 0.822. The van der Waals surface area contributed by atoms with E-state index in [1.54, 1.807) is 31.2 Å². The van der Waals surface area contributed by atoms with Crippen LogP contribution < -0.4 is 19.7 Å². The lowest BCUT2D eigenvalue weighted by molar-refractivity contribution is -0.136. The molecule has 2 aliphatic rings. The lowest BCUT2D eigenvalue weighted by Crippen LogP contribution is -2.48. The maximum Gasteiger partial charge on any atom is 0.337 e. The Hall–Kier alpha value is -3.55. The van der Waals surface area contributed by atoms with Gasteiger partial charge in [0.1, 0.15) is 5.82 Å². The molecule has 4 rings (SSSR count). The normalized spacial score (nSPS) is 18.2. The number of methoxy groups -OCH3 is 1. The molecule has 1 unspecified atom stereocenters. The lowest BCUT2D eigenvalue weighted by Gasteiger charge is -2.35. The number of rotatable bonds is 3. The van der Waals surface area contributed by atoms with Crippen molar-refractivity contribution >= 4 is 17.7 Å². The number of hydrogen-bond donors (Lipinski definition) is 1. The number of anilines is 1. The van der Waals surface area contributed by atoms with E-state index in [1.807, 2.05) is 0 Å². The molecule has 8 heteroatoms. The number of hydrogen-bond acceptors (Lipinski definition) is 5. The fourth-order valence-corrected chi connectivity index (χ4v) is 3.39. The van der Waals surface area contributed by atoms with Gasteiger partial charge in [0.05, 0.1) is 24.4 Å². The standard InChI is InChI=1S/C20H17FN2O5/c1-11-17(19(24)26-2)18(12-4-3-5-13(21)8-12)22-20(25)23(11)14-6-7-15-16(9-14)28-10-27-15/h3-9,18H,10H2,1-2H3,(H,22,25). The number of ether oxygens (including phenoxy) is 3. The summed E-state index contributed by atoms with van der Waals surface area (Å²) >= 11 is 0. The van der Waals surface area contributed by atoms with Crippen LogP contribution in [0.5, 0.6) is 11.5 Å². The first-order valence-electron chi connectivity index (χ1n) is 8.54. The first kappa shape index (κ1) is 17.8. The monoisotopic (exact) mass is 384 g/mol. The fraction of sp³-hybridized carbons (Fsp3) is 0.200. The van der Waals surface area contributed by atoms with Crippen molar-refractivity contribution in [3.63, 3.8) is 0 Å². The molecule has 0 radical (unpaired) electrons. The molecule has 0 aromatic heterocycles. The van der Waals surface area contributed by atoms with Crippen LogP contribution in [0.15, 0.2) is 53.7 Å². The third kappa shape index (κ3) is 2.92. The van der Waals surface area contributed by atoms with E-state index < -0.39 is 23.9 Å². The van der Waals surface area contributed by atoms with Crippen molar-refractivity contribution in [2.75, 3.05) is 18.8 Å². The second-order valence-corrected chi connectivity index (χ2v) is 6.30. The summed E-state index contributed by atoms with van der Waals surface area (Å²) in [5.41, 5.74) is 1.53. The van der Waals surface area contributed by atoms with Gasteiger partial charge in [0, 0.05) is 11.8 Å². The highest BCUT2D eigenvalue weighted by Crippen LogP contribution is 2.39. The highest BCUT2D eigenvalue weighted by atomic mass is 19.1. The van der Waals surface area contributed by atoms with E-state index in [-0.39, 0.29) is 12.4 Å². The molecule has 1 N–H and O–H groups in total. The topological polar surface area (TPSA) is 77.1 Å². The summed E-state index contributed by atoms with van der Waals surface area (Å²) in [6.07, 6.45) is 0. The minimum Gasteiger partial charge on any atom is -0.466 e. The summed E-state index contributed by atoms with van der Waals surface area (Å²) in [6, 6.07) is 9.47. The van der Waals surface area contributed by atoms with Gasteiger partial charge >= 0.3 is 12.0 Å². The molecule has 0 fully saturated rings. The Balaban J connectivity index is 1.82. The molecule has 144 valence electrons. The molecule has 0 saturated heterocycles. The smallest absolute Gasteiger partial charge is 0.337 e. The van der Waals surface area contributed by atoms with Gasteiger partial charge in [-0.25, -0.2) is 14.0 Å². The number of nitrogens with zero attached hydrogens (tertiary/aromatic N) is 1. The number of fused-ring (bicyclic) bond motifs is 1. The van der Waals surface area contributed by atoms with Gasteiger partial charge in [-0.1, -0.05) is 12.1 Å². The predicted octanol–water partition coefficient (Wildman–Crippen LogP) is 3.27. The number of carbonyl (C=O) groups excluding carboxylic acids is 2. The summed E-state index contributed by atoms with van der Waals surface area (Å²) in [7, 11) is 1.26. The maximum absolute atomic E-state index is 13.7. The minimum absolute atomic E-state index is 0.106. The third-order valence-corrected chi connectivity index (χ3v) is 4.69. The molecule has 28 heavy (non-hydrogen) atoms. The average molecular weight is 384 g/mol. The highest BCUT2D eigenvalue weighted by Gasteiger charge is 2.37. The zero-order chi connectivity index (χ0) is 19.8. The largest absolute Gasteiger partial charge is 0.466 e. The van der Waals surface area contributed by atoms with Crippen LogP contribution in [0, 0.1) is 5.82 Å². The number of halogens is 1. The van der Waals surface area contributed by atoms with E-state index in [0.29, 0.717) is 28.4 Å². The summed E-state index contributed by atoms with van der Waals surface area (Å²) in [5, 5.41) is 2.76. The Kier molecular flexibility index (Phi) is 4.38. The number of esters is 1. The zero-order valence-corrected chi connectivity index (χ0v) is 15.2. The van der Waals surface area contributed by atoms with Crippen molar-refractivity contribution in [2.24, 2.45) is 0 Å². The van der Waals surface area contributed by atoms with Gasteiger partial charge in [-0.3, -0.25) is 4.90 Å². The number of nitrogens with one attached hydrogen (secondary N) is 1.